The third-order valence-corrected chi connectivity index (χ3v) is 1.76. The van der Waals surface area contributed by atoms with Gasteiger partial charge in [-0.2, -0.15) is 0 Å². The fourth-order valence-electron chi connectivity index (χ4n) is 1.05. The standard InChI is InChI=1S/C8H12O4/c1-4(2)12-8(11)6-3-5(6)7(9)10/h4-6H,3H2,1-2H3,(H,9,10). The molecule has 4 nitrogen and oxygen atoms in total. The summed E-state index contributed by atoms with van der Waals surface area (Å²) in [6.07, 6.45) is 0.272. The molecular formula is C8H12O4. The highest BCUT2D eigenvalue weighted by atomic mass is 16.5. The summed E-state index contributed by atoms with van der Waals surface area (Å²) in [5.74, 6) is -2.18. The van der Waals surface area contributed by atoms with E-state index in [0.29, 0.717) is 6.42 Å². The number of carboxylic acid groups (broad SMARTS) is 1. The van der Waals surface area contributed by atoms with Gasteiger partial charge in [0.2, 0.25) is 0 Å². The molecule has 2 unspecified atom stereocenters. The summed E-state index contributed by atoms with van der Waals surface area (Å²) in [6, 6.07) is 0. The van der Waals surface area contributed by atoms with E-state index in [0.717, 1.165) is 0 Å². The number of aliphatic carboxylic acids is 1. The van der Waals surface area contributed by atoms with Crippen LogP contribution >= 0.6 is 0 Å². The molecule has 1 aliphatic carbocycles. The Hall–Kier alpha value is -1.06. The zero-order valence-corrected chi connectivity index (χ0v) is 7.11. The molecule has 0 bridgehead atoms. The van der Waals surface area contributed by atoms with Crippen molar-refractivity contribution in [1.82, 2.24) is 0 Å². The molecule has 4 heteroatoms. The van der Waals surface area contributed by atoms with Gasteiger partial charge < -0.3 is 9.84 Å². The fourth-order valence-corrected chi connectivity index (χ4v) is 1.05. The second-order valence-electron chi connectivity index (χ2n) is 3.27. The molecule has 0 aromatic heterocycles. The van der Waals surface area contributed by atoms with Gasteiger partial charge in [0.15, 0.2) is 0 Å². The van der Waals surface area contributed by atoms with Crippen molar-refractivity contribution >= 4 is 11.9 Å². The van der Waals surface area contributed by atoms with Crippen LogP contribution in [0.1, 0.15) is 20.3 Å². The lowest BCUT2D eigenvalue weighted by molar-refractivity contribution is -0.151. The molecule has 2 atom stereocenters. The summed E-state index contributed by atoms with van der Waals surface area (Å²) in [7, 11) is 0. The Labute approximate surface area is 70.5 Å². The fraction of sp³-hybridized carbons (Fsp3) is 0.750. The third kappa shape index (κ3) is 1.96. The van der Waals surface area contributed by atoms with Crippen molar-refractivity contribution in [3.63, 3.8) is 0 Å². The van der Waals surface area contributed by atoms with Crippen LogP contribution < -0.4 is 0 Å². The molecule has 0 amide bonds. The van der Waals surface area contributed by atoms with Gasteiger partial charge in [-0.1, -0.05) is 0 Å². The quantitative estimate of drug-likeness (QED) is 0.635. The van der Waals surface area contributed by atoms with Crippen LogP contribution in [0, 0.1) is 11.8 Å². The van der Waals surface area contributed by atoms with Crippen LogP contribution in [0.5, 0.6) is 0 Å². The average Bonchev–Trinajstić information content (AvgIpc) is 2.61. The molecule has 0 aromatic rings. The predicted octanol–water partition coefficient (Wildman–Crippen LogP) is 0.659. The first-order valence-electron chi connectivity index (χ1n) is 3.95. The second-order valence-corrected chi connectivity index (χ2v) is 3.27. The van der Waals surface area contributed by atoms with E-state index in [1.165, 1.54) is 0 Å². The summed E-state index contributed by atoms with van der Waals surface area (Å²) in [4.78, 5) is 21.4. The van der Waals surface area contributed by atoms with Crippen LogP contribution in [-0.4, -0.2) is 23.1 Å². The van der Waals surface area contributed by atoms with Gasteiger partial charge in [-0.05, 0) is 20.3 Å². The molecule has 0 aliphatic heterocycles. The summed E-state index contributed by atoms with van der Waals surface area (Å²) in [5.41, 5.74) is 0. The minimum absolute atomic E-state index is 0.160. The zero-order chi connectivity index (χ0) is 9.30. The van der Waals surface area contributed by atoms with E-state index < -0.39 is 17.8 Å². The van der Waals surface area contributed by atoms with Gasteiger partial charge in [0.1, 0.15) is 0 Å². The average molecular weight is 172 g/mol. The maximum absolute atomic E-state index is 11.0. The van der Waals surface area contributed by atoms with Crippen molar-refractivity contribution in [2.75, 3.05) is 0 Å². The van der Waals surface area contributed by atoms with E-state index in [4.69, 9.17) is 9.84 Å². The minimum atomic E-state index is -0.902. The van der Waals surface area contributed by atoms with E-state index in [1.807, 2.05) is 0 Å². The maximum atomic E-state index is 11.0. The molecule has 0 spiro atoms. The summed E-state index contributed by atoms with van der Waals surface area (Å²) in [6.45, 7) is 3.49. The van der Waals surface area contributed by atoms with Crippen molar-refractivity contribution in [1.29, 1.82) is 0 Å². The molecule has 0 heterocycles. The van der Waals surface area contributed by atoms with Crippen molar-refractivity contribution in [3.8, 4) is 0 Å². The molecule has 1 aliphatic rings. The first-order valence-corrected chi connectivity index (χ1v) is 3.95. The molecule has 0 radical (unpaired) electrons. The van der Waals surface area contributed by atoms with Gasteiger partial charge in [0, 0.05) is 0 Å². The topological polar surface area (TPSA) is 63.6 Å². The third-order valence-electron chi connectivity index (χ3n) is 1.76. The van der Waals surface area contributed by atoms with Gasteiger partial charge in [-0.15, -0.1) is 0 Å². The molecule has 1 rings (SSSR count). The van der Waals surface area contributed by atoms with Crippen LogP contribution in [0.4, 0.5) is 0 Å². The number of ether oxygens (including phenoxy) is 1. The number of hydrogen-bond acceptors (Lipinski definition) is 3. The normalized spacial score (nSPS) is 26.9. The molecule has 0 saturated heterocycles. The molecule has 0 aromatic carbocycles. The lowest BCUT2D eigenvalue weighted by Crippen LogP contribution is -2.15. The summed E-state index contributed by atoms with van der Waals surface area (Å²) in [5, 5.41) is 8.50. The number of carbonyl (C=O) groups excluding carboxylic acids is 1. The zero-order valence-electron chi connectivity index (χ0n) is 7.11. The largest absolute Gasteiger partial charge is 0.481 e. The van der Waals surface area contributed by atoms with E-state index in [-0.39, 0.29) is 12.1 Å². The van der Waals surface area contributed by atoms with Crippen LogP contribution in [0.25, 0.3) is 0 Å². The highest BCUT2D eigenvalue weighted by Gasteiger charge is 2.49. The monoisotopic (exact) mass is 172 g/mol. The van der Waals surface area contributed by atoms with Crippen LogP contribution in [0.15, 0.2) is 0 Å². The van der Waals surface area contributed by atoms with Gasteiger partial charge in [-0.25, -0.2) is 0 Å². The lowest BCUT2D eigenvalue weighted by Gasteiger charge is -2.06. The summed E-state index contributed by atoms with van der Waals surface area (Å²) >= 11 is 0. The molecule has 1 N–H and O–H groups in total. The highest BCUT2D eigenvalue weighted by molar-refractivity contribution is 5.86. The number of rotatable bonds is 3. The second kappa shape index (κ2) is 3.13. The SMILES string of the molecule is CC(C)OC(=O)C1CC1C(=O)O. The predicted molar refractivity (Wildman–Crippen MR) is 40.5 cm³/mol. The van der Waals surface area contributed by atoms with Crippen LogP contribution in [0.3, 0.4) is 0 Å². The van der Waals surface area contributed by atoms with Crippen molar-refractivity contribution in [2.45, 2.75) is 26.4 Å². The van der Waals surface area contributed by atoms with Gasteiger partial charge in [-0.3, -0.25) is 9.59 Å². The molecule has 68 valence electrons. The Bertz CT molecular complexity index is 209. The van der Waals surface area contributed by atoms with E-state index in [1.54, 1.807) is 13.8 Å². The van der Waals surface area contributed by atoms with E-state index >= 15 is 0 Å². The molecule has 1 fully saturated rings. The molecular weight excluding hydrogens is 160 g/mol. The van der Waals surface area contributed by atoms with E-state index in [2.05, 4.69) is 0 Å². The molecule has 1 saturated carbocycles. The van der Waals surface area contributed by atoms with Crippen molar-refractivity contribution in [3.05, 3.63) is 0 Å². The number of esters is 1. The smallest absolute Gasteiger partial charge is 0.310 e. The number of hydrogen-bond donors (Lipinski definition) is 1. The van der Waals surface area contributed by atoms with Crippen LogP contribution in [-0.2, 0) is 14.3 Å². The van der Waals surface area contributed by atoms with Crippen molar-refractivity contribution in [2.24, 2.45) is 11.8 Å². The Morgan fingerprint density at radius 2 is 2.00 bits per heavy atom. The highest BCUT2D eigenvalue weighted by Crippen LogP contribution is 2.39. The van der Waals surface area contributed by atoms with E-state index in [9.17, 15) is 9.59 Å². The van der Waals surface area contributed by atoms with Gasteiger partial charge in [0.25, 0.3) is 0 Å². The lowest BCUT2D eigenvalue weighted by atomic mass is 10.3. The summed E-state index contributed by atoms with van der Waals surface area (Å²) < 4.78 is 4.85. The first-order chi connectivity index (χ1) is 5.52. The maximum Gasteiger partial charge on any atom is 0.310 e. The number of carboxylic acids is 1. The molecule has 12 heavy (non-hydrogen) atoms. The Morgan fingerprint density at radius 1 is 1.42 bits per heavy atom. The van der Waals surface area contributed by atoms with Gasteiger partial charge in [0.05, 0.1) is 17.9 Å². The van der Waals surface area contributed by atoms with Gasteiger partial charge >= 0.3 is 11.9 Å². The van der Waals surface area contributed by atoms with Crippen LogP contribution in [0.2, 0.25) is 0 Å². The number of carbonyl (C=O) groups is 2. The van der Waals surface area contributed by atoms with Crippen molar-refractivity contribution < 1.29 is 19.4 Å². The Morgan fingerprint density at radius 3 is 2.33 bits per heavy atom. The Balaban J connectivity index is 2.33. The minimum Gasteiger partial charge on any atom is -0.481 e. The Kier molecular flexibility index (Phi) is 2.35. The first kappa shape index (κ1) is 9.03.